The van der Waals surface area contributed by atoms with E-state index in [1.807, 2.05) is 0 Å². The molecule has 7 heteroatoms. The number of halogens is 1. The van der Waals surface area contributed by atoms with E-state index in [2.05, 4.69) is 26.0 Å². The van der Waals surface area contributed by atoms with Crippen molar-refractivity contribution in [2.45, 2.75) is 43.0 Å². The Morgan fingerprint density at radius 1 is 0.962 bits per heavy atom. The summed E-state index contributed by atoms with van der Waals surface area (Å²) in [7, 11) is -3.77. The maximum atomic E-state index is 12.6. The van der Waals surface area contributed by atoms with Crippen molar-refractivity contribution >= 4 is 37.5 Å². The van der Waals surface area contributed by atoms with Crippen LogP contribution in [0.3, 0.4) is 0 Å². The fraction of sp³-hybridized carbons (Fsp3) is 0.316. The zero-order valence-electron chi connectivity index (χ0n) is 14.2. The molecule has 0 heterocycles. The molecule has 0 atom stereocenters. The first-order valence-electron chi connectivity index (χ1n) is 8.64. The van der Waals surface area contributed by atoms with Gasteiger partial charge in [-0.3, -0.25) is 9.52 Å². The molecule has 0 bridgehead atoms. The lowest BCUT2D eigenvalue weighted by molar-refractivity contribution is 0.0928. The molecule has 0 saturated heterocycles. The van der Waals surface area contributed by atoms with Crippen LogP contribution in [0.5, 0.6) is 0 Å². The number of carbonyl (C=O) groups is 1. The van der Waals surface area contributed by atoms with Crippen molar-refractivity contribution in [1.29, 1.82) is 0 Å². The van der Waals surface area contributed by atoms with E-state index in [-0.39, 0.29) is 22.5 Å². The van der Waals surface area contributed by atoms with Gasteiger partial charge in [-0.15, -0.1) is 0 Å². The molecule has 138 valence electrons. The first-order valence-corrected chi connectivity index (χ1v) is 10.9. The lowest BCUT2D eigenvalue weighted by atomic mass is 9.95. The fourth-order valence-electron chi connectivity index (χ4n) is 3.10. The van der Waals surface area contributed by atoms with Crippen LogP contribution in [0.15, 0.2) is 57.9 Å². The van der Waals surface area contributed by atoms with Gasteiger partial charge in [-0.2, -0.15) is 0 Å². The Hall–Kier alpha value is -1.86. The largest absolute Gasteiger partial charge is 0.349 e. The Bertz CT molecular complexity index is 876. The smallest absolute Gasteiger partial charge is 0.261 e. The summed E-state index contributed by atoms with van der Waals surface area (Å²) in [6.45, 7) is 0. The number of nitrogens with one attached hydrogen (secondary N) is 2. The average molecular weight is 437 g/mol. The van der Waals surface area contributed by atoms with Crippen LogP contribution < -0.4 is 10.0 Å². The summed E-state index contributed by atoms with van der Waals surface area (Å²) in [6.07, 6.45) is 5.37. The third-order valence-electron chi connectivity index (χ3n) is 4.48. The molecule has 0 aliphatic heterocycles. The molecule has 3 rings (SSSR count). The van der Waals surface area contributed by atoms with Gasteiger partial charge in [-0.05, 0) is 49.2 Å². The Morgan fingerprint density at radius 3 is 2.31 bits per heavy atom. The summed E-state index contributed by atoms with van der Waals surface area (Å²) in [5, 5.41) is 3.03. The second kappa shape index (κ2) is 8.22. The molecule has 1 saturated carbocycles. The average Bonchev–Trinajstić information content (AvgIpc) is 2.63. The molecule has 0 aromatic heterocycles. The molecule has 2 aromatic carbocycles. The number of carbonyl (C=O) groups excluding carboxylic acids is 1. The van der Waals surface area contributed by atoms with E-state index >= 15 is 0 Å². The van der Waals surface area contributed by atoms with E-state index < -0.39 is 10.0 Å². The van der Waals surface area contributed by atoms with E-state index in [4.69, 9.17) is 0 Å². The van der Waals surface area contributed by atoms with Gasteiger partial charge in [0, 0.05) is 10.5 Å². The van der Waals surface area contributed by atoms with Crippen molar-refractivity contribution in [2.75, 3.05) is 4.72 Å². The molecule has 2 N–H and O–H groups in total. The Morgan fingerprint density at radius 2 is 1.62 bits per heavy atom. The molecular weight excluding hydrogens is 416 g/mol. The summed E-state index contributed by atoms with van der Waals surface area (Å²) >= 11 is 3.29. The fourth-order valence-corrected chi connectivity index (χ4v) is 4.44. The summed E-state index contributed by atoms with van der Waals surface area (Å²) < 4.78 is 28.6. The summed E-state index contributed by atoms with van der Waals surface area (Å²) in [6, 6.07) is 13.2. The Balaban J connectivity index is 1.80. The first kappa shape index (κ1) is 18.9. The molecule has 1 amide bonds. The van der Waals surface area contributed by atoms with Crippen LogP contribution in [0, 0.1) is 0 Å². The molecule has 1 aliphatic carbocycles. The van der Waals surface area contributed by atoms with Gasteiger partial charge in [0.05, 0.1) is 16.1 Å². The predicted octanol–water partition coefficient (Wildman–Crippen LogP) is 4.31. The van der Waals surface area contributed by atoms with Gasteiger partial charge in [0.15, 0.2) is 0 Å². The third kappa shape index (κ3) is 4.65. The maximum absolute atomic E-state index is 12.6. The van der Waals surface area contributed by atoms with Crippen molar-refractivity contribution in [3.63, 3.8) is 0 Å². The van der Waals surface area contributed by atoms with E-state index in [9.17, 15) is 13.2 Å². The lowest BCUT2D eigenvalue weighted by Gasteiger charge is -2.23. The molecular formula is C19H21BrN2O3S. The topological polar surface area (TPSA) is 75.3 Å². The maximum Gasteiger partial charge on any atom is 0.261 e. The van der Waals surface area contributed by atoms with Crippen LogP contribution in [0.4, 0.5) is 5.69 Å². The van der Waals surface area contributed by atoms with Gasteiger partial charge >= 0.3 is 0 Å². The summed E-state index contributed by atoms with van der Waals surface area (Å²) in [4.78, 5) is 12.8. The first-order chi connectivity index (χ1) is 12.5. The van der Waals surface area contributed by atoms with Gasteiger partial charge < -0.3 is 5.32 Å². The van der Waals surface area contributed by atoms with Gasteiger partial charge in [0.2, 0.25) is 0 Å². The minimum atomic E-state index is -3.77. The molecule has 1 fully saturated rings. The summed E-state index contributed by atoms with van der Waals surface area (Å²) in [5.41, 5.74) is 0.613. The molecule has 2 aromatic rings. The van der Waals surface area contributed by atoms with E-state index in [1.54, 1.807) is 36.4 Å². The molecule has 1 aliphatic rings. The van der Waals surface area contributed by atoms with Crippen molar-refractivity contribution in [1.82, 2.24) is 5.32 Å². The van der Waals surface area contributed by atoms with Crippen molar-refractivity contribution in [3.05, 3.63) is 58.6 Å². The Labute approximate surface area is 162 Å². The van der Waals surface area contributed by atoms with Crippen LogP contribution in [0.1, 0.15) is 42.5 Å². The van der Waals surface area contributed by atoms with E-state index in [0.29, 0.717) is 5.56 Å². The van der Waals surface area contributed by atoms with Gasteiger partial charge in [-0.25, -0.2) is 8.42 Å². The highest BCUT2D eigenvalue weighted by atomic mass is 79.9. The molecule has 5 nitrogen and oxygen atoms in total. The molecule has 26 heavy (non-hydrogen) atoms. The van der Waals surface area contributed by atoms with Crippen LogP contribution in [-0.2, 0) is 10.0 Å². The van der Waals surface area contributed by atoms with Crippen LogP contribution >= 0.6 is 15.9 Å². The van der Waals surface area contributed by atoms with Crippen LogP contribution in [0.2, 0.25) is 0 Å². The van der Waals surface area contributed by atoms with Crippen LogP contribution in [0.25, 0.3) is 0 Å². The number of anilines is 1. The van der Waals surface area contributed by atoms with Crippen LogP contribution in [-0.4, -0.2) is 20.4 Å². The normalized spacial score (nSPS) is 15.4. The molecule has 0 radical (unpaired) electrons. The minimum absolute atomic E-state index is 0.142. The van der Waals surface area contributed by atoms with E-state index in [1.165, 1.54) is 18.6 Å². The monoisotopic (exact) mass is 436 g/mol. The molecule has 0 spiro atoms. The highest BCUT2D eigenvalue weighted by Gasteiger charge is 2.21. The number of hydrogen-bond donors (Lipinski definition) is 2. The second-order valence-electron chi connectivity index (χ2n) is 6.41. The van der Waals surface area contributed by atoms with Gasteiger partial charge in [0.1, 0.15) is 0 Å². The quantitative estimate of drug-likeness (QED) is 0.732. The third-order valence-corrected chi connectivity index (χ3v) is 6.39. The zero-order valence-corrected chi connectivity index (χ0v) is 16.6. The summed E-state index contributed by atoms with van der Waals surface area (Å²) in [5.74, 6) is -0.244. The van der Waals surface area contributed by atoms with E-state index in [0.717, 1.165) is 30.2 Å². The SMILES string of the molecule is O=C(NC1CCCCC1)c1ccccc1NS(=O)(=O)c1ccc(Br)cc1. The van der Waals surface area contributed by atoms with Gasteiger partial charge in [-0.1, -0.05) is 47.3 Å². The number of hydrogen-bond acceptors (Lipinski definition) is 3. The zero-order chi connectivity index (χ0) is 18.6. The second-order valence-corrected chi connectivity index (χ2v) is 9.01. The highest BCUT2D eigenvalue weighted by molar-refractivity contribution is 9.10. The highest BCUT2D eigenvalue weighted by Crippen LogP contribution is 2.23. The number of amides is 1. The number of rotatable bonds is 5. The molecule has 0 unspecified atom stereocenters. The van der Waals surface area contributed by atoms with Gasteiger partial charge in [0.25, 0.3) is 15.9 Å². The predicted molar refractivity (Wildman–Crippen MR) is 106 cm³/mol. The van der Waals surface area contributed by atoms with Crippen molar-refractivity contribution < 1.29 is 13.2 Å². The standard InChI is InChI=1S/C19H21BrN2O3S/c20-14-10-12-16(13-11-14)26(24,25)22-18-9-5-4-8-17(18)19(23)21-15-6-2-1-3-7-15/h4-5,8-13,15,22H,1-3,6-7H2,(H,21,23). The number of para-hydroxylation sites is 1. The minimum Gasteiger partial charge on any atom is -0.349 e. The van der Waals surface area contributed by atoms with Crippen molar-refractivity contribution in [3.8, 4) is 0 Å². The Kier molecular flexibility index (Phi) is 5.98. The number of benzene rings is 2. The van der Waals surface area contributed by atoms with Crippen molar-refractivity contribution in [2.24, 2.45) is 0 Å². The lowest BCUT2D eigenvalue weighted by Crippen LogP contribution is -2.36. The number of sulfonamides is 1.